The van der Waals surface area contributed by atoms with Crippen LogP contribution in [0.4, 0.5) is 0 Å². The van der Waals surface area contributed by atoms with Gasteiger partial charge in [-0.1, -0.05) is 30.9 Å². The fourth-order valence-corrected chi connectivity index (χ4v) is 7.36. The first-order valence-electron chi connectivity index (χ1n) is 10.4. The van der Waals surface area contributed by atoms with Crippen LogP contribution in [-0.2, 0) is 16.4 Å². The molecule has 2 bridgehead atoms. The van der Waals surface area contributed by atoms with Crippen LogP contribution in [0.25, 0.3) is 0 Å². The van der Waals surface area contributed by atoms with Gasteiger partial charge in [0.25, 0.3) is 0 Å². The second kappa shape index (κ2) is 7.15. The Morgan fingerprint density at radius 1 is 0.929 bits per heavy atom. The summed E-state index contributed by atoms with van der Waals surface area (Å²) in [6.45, 7) is 0. The molecule has 3 aliphatic rings. The summed E-state index contributed by atoms with van der Waals surface area (Å²) < 4.78 is 31.0. The van der Waals surface area contributed by atoms with Gasteiger partial charge in [-0.15, -0.1) is 0 Å². The zero-order valence-electron chi connectivity index (χ0n) is 15.9. The molecule has 0 radical (unpaired) electrons. The number of benzene rings is 1. The first kappa shape index (κ1) is 18.6. The number of rotatable bonds is 3. The fraction of sp³-hybridized carbons (Fsp3) is 0.571. The van der Waals surface area contributed by atoms with Gasteiger partial charge in [-0.2, -0.15) is 9.40 Å². The summed E-state index contributed by atoms with van der Waals surface area (Å²) in [7, 11) is -3.56. The molecule has 5 nitrogen and oxygen atoms in total. The van der Waals surface area contributed by atoms with E-state index in [2.05, 4.69) is 4.68 Å². The Hall–Kier alpha value is -1.37. The van der Waals surface area contributed by atoms with E-state index >= 15 is 0 Å². The van der Waals surface area contributed by atoms with Crippen molar-refractivity contribution in [3.8, 4) is 0 Å². The number of nitrogens with zero attached hydrogens (tertiary/aromatic N) is 3. The molecule has 0 spiro atoms. The van der Waals surface area contributed by atoms with Crippen molar-refractivity contribution in [3.05, 3.63) is 46.7 Å². The average molecular weight is 420 g/mol. The Bertz CT molecular complexity index is 964. The van der Waals surface area contributed by atoms with E-state index in [9.17, 15) is 8.42 Å². The van der Waals surface area contributed by atoms with E-state index in [0.717, 1.165) is 31.2 Å². The molecule has 1 aromatic carbocycles. The van der Waals surface area contributed by atoms with E-state index in [4.69, 9.17) is 16.7 Å². The average Bonchev–Trinajstić information content (AvgIpc) is 3.12. The monoisotopic (exact) mass is 419 g/mol. The van der Waals surface area contributed by atoms with Crippen molar-refractivity contribution in [2.45, 2.75) is 80.8 Å². The smallest absolute Gasteiger partial charge is 0.243 e. The Labute approximate surface area is 171 Å². The van der Waals surface area contributed by atoms with E-state index < -0.39 is 10.0 Å². The maximum Gasteiger partial charge on any atom is 0.243 e. The molecule has 0 N–H and O–H groups in total. The van der Waals surface area contributed by atoms with Gasteiger partial charge in [0.05, 0.1) is 23.2 Å². The van der Waals surface area contributed by atoms with Crippen LogP contribution in [-0.4, -0.2) is 28.5 Å². The van der Waals surface area contributed by atoms with Crippen molar-refractivity contribution in [2.75, 3.05) is 0 Å². The molecule has 1 saturated heterocycles. The van der Waals surface area contributed by atoms with Gasteiger partial charge in [-0.25, -0.2) is 8.42 Å². The number of piperidine rings is 1. The van der Waals surface area contributed by atoms with Crippen LogP contribution >= 0.6 is 11.6 Å². The van der Waals surface area contributed by atoms with Crippen molar-refractivity contribution in [1.29, 1.82) is 0 Å². The number of sulfonamides is 1. The molecule has 2 unspecified atom stereocenters. The summed E-state index contributed by atoms with van der Waals surface area (Å²) >= 11 is 5.97. The van der Waals surface area contributed by atoms with Crippen LogP contribution in [0.15, 0.2) is 35.4 Å². The van der Waals surface area contributed by atoms with Crippen LogP contribution in [0, 0.1) is 0 Å². The molecule has 1 saturated carbocycles. The van der Waals surface area contributed by atoms with Crippen molar-refractivity contribution < 1.29 is 8.42 Å². The van der Waals surface area contributed by atoms with Gasteiger partial charge in [0.2, 0.25) is 10.0 Å². The predicted octanol–water partition coefficient (Wildman–Crippen LogP) is 4.88. The summed E-state index contributed by atoms with van der Waals surface area (Å²) in [5.41, 5.74) is 2.41. The summed E-state index contributed by atoms with van der Waals surface area (Å²) in [4.78, 5) is 0.330. The predicted molar refractivity (Wildman–Crippen MR) is 109 cm³/mol. The first-order chi connectivity index (χ1) is 13.6. The minimum absolute atomic E-state index is 0.0194. The molecule has 1 aliphatic carbocycles. The Kier molecular flexibility index (Phi) is 4.76. The van der Waals surface area contributed by atoms with Crippen LogP contribution in [0.2, 0.25) is 5.02 Å². The lowest BCUT2D eigenvalue weighted by Gasteiger charge is -2.45. The number of aromatic nitrogens is 2. The van der Waals surface area contributed by atoms with Crippen LogP contribution in [0.5, 0.6) is 0 Å². The zero-order chi connectivity index (χ0) is 19.3. The van der Waals surface area contributed by atoms with Crippen LogP contribution in [0.1, 0.15) is 74.7 Å². The van der Waals surface area contributed by atoms with E-state index in [0.29, 0.717) is 16.0 Å². The quantitative estimate of drug-likeness (QED) is 0.712. The third-order valence-electron chi connectivity index (χ3n) is 6.71. The maximum absolute atomic E-state index is 13.5. The van der Waals surface area contributed by atoms with Crippen LogP contribution in [0.3, 0.4) is 0 Å². The Balaban J connectivity index is 1.53. The summed E-state index contributed by atoms with van der Waals surface area (Å²) in [6, 6.07) is 6.95. The number of hydrogen-bond donors (Lipinski definition) is 0. The third kappa shape index (κ3) is 3.01. The molecular weight excluding hydrogens is 394 g/mol. The lowest BCUT2D eigenvalue weighted by atomic mass is 9.85. The summed E-state index contributed by atoms with van der Waals surface area (Å²) in [5.74, 6) is 0. The lowest BCUT2D eigenvalue weighted by Crippen LogP contribution is -2.49. The molecule has 0 amide bonds. The second-order valence-corrected chi connectivity index (χ2v) is 10.7. The number of hydrogen-bond acceptors (Lipinski definition) is 3. The summed E-state index contributed by atoms with van der Waals surface area (Å²) in [5, 5.41) is 5.31. The molecule has 1 aromatic heterocycles. The highest BCUT2D eigenvalue weighted by Crippen LogP contribution is 2.46. The normalized spacial score (nSPS) is 26.2. The molecule has 2 fully saturated rings. The van der Waals surface area contributed by atoms with Gasteiger partial charge in [-0.05, 0) is 56.4 Å². The zero-order valence-corrected chi connectivity index (χ0v) is 17.5. The highest BCUT2D eigenvalue weighted by molar-refractivity contribution is 7.89. The lowest BCUT2D eigenvalue weighted by molar-refractivity contribution is 0.158. The highest BCUT2D eigenvalue weighted by Gasteiger charge is 2.46. The van der Waals surface area contributed by atoms with Crippen LogP contribution < -0.4 is 0 Å². The van der Waals surface area contributed by atoms with Gasteiger partial charge in [0.15, 0.2) is 0 Å². The minimum Gasteiger partial charge on any atom is -0.266 e. The Morgan fingerprint density at radius 3 is 2.39 bits per heavy atom. The molecule has 7 heteroatoms. The van der Waals surface area contributed by atoms with Crippen molar-refractivity contribution in [2.24, 2.45) is 0 Å². The van der Waals surface area contributed by atoms with E-state index in [1.807, 2.05) is 6.20 Å². The van der Waals surface area contributed by atoms with Crippen molar-refractivity contribution >= 4 is 21.6 Å². The Morgan fingerprint density at radius 2 is 1.64 bits per heavy atom. The topological polar surface area (TPSA) is 55.2 Å². The third-order valence-corrected chi connectivity index (χ3v) is 8.94. The molecule has 2 aliphatic heterocycles. The minimum atomic E-state index is -3.56. The second-order valence-electron chi connectivity index (χ2n) is 8.38. The van der Waals surface area contributed by atoms with Gasteiger partial charge in [-0.3, -0.25) is 4.68 Å². The first-order valence-corrected chi connectivity index (χ1v) is 12.2. The van der Waals surface area contributed by atoms with E-state index in [1.54, 1.807) is 28.6 Å². The van der Waals surface area contributed by atoms with E-state index in [1.165, 1.54) is 37.8 Å². The molecule has 150 valence electrons. The number of fused-ring (bicyclic) bond motifs is 4. The number of halogens is 1. The molecule has 28 heavy (non-hydrogen) atoms. The van der Waals surface area contributed by atoms with Gasteiger partial charge >= 0.3 is 0 Å². The van der Waals surface area contributed by atoms with Gasteiger partial charge in [0.1, 0.15) is 0 Å². The highest BCUT2D eigenvalue weighted by atomic mass is 35.5. The molecule has 5 rings (SSSR count). The van der Waals surface area contributed by atoms with Gasteiger partial charge < -0.3 is 0 Å². The molecule has 2 aromatic rings. The SMILES string of the molecule is O=S(=O)(c1ccc(Cl)cc1)N1C2CCCC1c1cnn(C3CCCCC3)c1C2. The van der Waals surface area contributed by atoms with E-state index in [-0.39, 0.29) is 12.1 Å². The molecular formula is C21H26ClN3O2S. The largest absolute Gasteiger partial charge is 0.266 e. The standard InChI is InChI=1S/C21H26ClN3O2S/c22-15-9-11-18(12-10-15)28(26,27)25-17-7-4-8-20(25)19-14-23-24(21(19)13-17)16-5-2-1-3-6-16/h9-12,14,16-17,20H,1-8,13H2. The van der Waals surface area contributed by atoms with Crippen molar-refractivity contribution in [1.82, 2.24) is 14.1 Å². The van der Waals surface area contributed by atoms with Crippen molar-refractivity contribution in [3.63, 3.8) is 0 Å². The van der Waals surface area contributed by atoms with Gasteiger partial charge in [0, 0.05) is 28.7 Å². The maximum atomic E-state index is 13.5. The summed E-state index contributed by atoms with van der Waals surface area (Å²) in [6.07, 6.45) is 11.8. The fourth-order valence-electron chi connectivity index (χ4n) is 5.39. The molecule has 3 heterocycles. The molecule has 2 atom stereocenters.